The maximum atomic E-state index is 14.2. The zero-order valence-corrected chi connectivity index (χ0v) is 34.8. The maximum absolute atomic E-state index is 14.2. The second kappa shape index (κ2) is 18.2. The number of carbonyl (C=O) groups excluding carboxylic acids is 3. The molecular formula is C42H64N2O12. The summed E-state index contributed by atoms with van der Waals surface area (Å²) < 4.78 is 30.4. The average molecular weight is 789 g/mol. The van der Waals surface area contributed by atoms with Crippen molar-refractivity contribution in [3.8, 4) is 0 Å². The molecule has 4 rings (SSSR count). The number of benzene rings is 1. The van der Waals surface area contributed by atoms with E-state index in [9.17, 15) is 34.8 Å². The lowest BCUT2D eigenvalue weighted by atomic mass is 9.66. The van der Waals surface area contributed by atoms with Gasteiger partial charge in [-0.25, -0.2) is 4.79 Å². The number of ketones is 1. The molecule has 14 atom stereocenters. The van der Waals surface area contributed by atoms with E-state index in [1.807, 2.05) is 25.9 Å². The van der Waals surface area contributed by atoms with Crippen molar-refractivity contribution in [3.05, 3.63) is 42.1 Å². The Hall–Kier alpha value is -3.08. The number of likely N-dealkylation sites (N-methyl/N-ethyl adjacent to an activating group) is 1. The van der Waals surface area contributed by atoms with Gasteiger partial charge in [-0.15, -0.1) is 0 Å². The maximum Gasteiger partial charge on any atom is 0.338 e. The zero-order valence-electron chi connectivity index (χ0n) is 34.8. The number of rotatable bonds is 9. The van der Waals surface area contributed by atoms with Crippen LogP contribution in [0.1, 0.15) is 91.4 Å². The normalized spacial score (nSPS) is 39.2. The summed E-state index contributed by atoms with van der Waals surface area (Å²) >= 11 is 0. The van der Waals surface area contributed by atoms with Crippen LogP contribution in [0.4, 0.5) is 0 Å². The van der Waals surface area contributed by atoms with Crippen molar-refractivity contribution < 1.29 is 58.5 Å². The summed E-state index contributed by atoms with van der Waals surface area (Å²) in [5, 5.41) is 48.8. The smallest absolute Gasteiger partial charge is 0.338 e. The molecule has 4 N–H and O–H groups in total. The highest BCUT2D eigenvalue weighted by molar-refractivity contribution is 6.03. The second-order valence-corrected chi connectivity index (χ2v) is 16.8. The molecule has 314 valence electrons. The van der Waals surface area contributed by atoms with Gasteiger partial charge in [0.2, 0.25) is 0 Å². The summed E-state index contributed by atoms with van der Waals surface area (Å²) in [6.07, 6.45) is -4.44. The third kappa shape index (κ3) is 9.44. The molecule has 1 aromatic heterocycles. The number of Topliss-reactive ketones (excluding diaryl/α,β-unsaturated/α-hetero) is 1. The number of methoxy groups -OCH3 is 1. The van der Waals surface area contributed by atoms with Crippen LogP contribution in [0, 0.1) is 23.7 Å². The summed E-state index contributed by atoms with van der Waals surface area (Å²) in [7, 11) is 5.13. The van der Waals surface area contributed by atoms with Gasteiger partial charge in [0.05, 0.1) is 47.2 Å². The number of aliphatic hydroxyl groups excluding tert-OH is 2. The summed E-state index contributed by atoms with van der Waals surface area (Å²) in [6.45, 7) is 12.5. The van der Waals surface area contributed by atoms with Crippen LogP contribution in [0.25, 0.3) is 10.9 Å². The number of nitrogens with zero attached hydrogens (tertiary/aromatic N) is 2. The molecule has 14 heteroatoms. The minimum Gasteiger partial charge on any atom is -0.462 e. The van der Waals surface area contributed by atoms with Gasteiger partial charge in [0.15, 0.2) is 12.1 Å². The number of aliphatic hydroxyl groups is 4. The van der Waals surface area contributed by atoms with Crippen LogP contribution >= 0.6 is 0 Å². The van der Waals surface area contributed by atoms with Crippen molar-refractivity contribution in [3.63, 3.8) is 0 Å². The minimum atomic E-state index is -2.07. The predicted molar refractivity (Wildman–Crippen MR) is 207 cm³/mol. The Kier molecular flexibility index (Phi) is 14.9. The van der Waals surface area contributed by atoms with Gasteiger partial charge >= 0.3 is 11.9 Å². The quantitative estimate of drug-likeness (QED) is 0.212. The van der Waals surface area contributed by atoms with Crippen molar-refractivity contribution in [1.29, 1.82) is 0 Å². The SMILES string of the molecule is CC[C@H]1OC(=O)C(C)C(=O)[C@H](C)[C@@H](O[C@@H]2O[C@H](C)C[C@H](N(C)C)[C@H]2O)[C@](C)(OC)C[C@@H](C)C(O)C(C)(O)[C@@H](CCOC(=O)c2ccnc3ccccc23)[C@]1(C)O. The molecule has 56 heavy (non-hydrogen) atoms. The Morgan fingerprint density at radius 1 is 1.02 bits per heavy atom. The van der Waals surface area contributed by atoms with Gasteiger partial charge in [0.25, 0.3) is 0 Å². The fraction of sp³-hybridized carbons (Fsp3) is 0.714. The number of cyclic esters (lactones) is 1. The summed E-state index contributed by atoms with van der Waals surface area (Å²) in [5.41, 5.74) is -4.53. The summed E-state index contributed by atoms with van der Waals surface area (Å²) in [4.78, 5) is 47.6. The van der Waals surface area contributed by atoms with Crippen molar-refractivity contribution in [1.82, 2.24) is 9.88 Å². The van der Waals surface area contributed by atoms with Crippen LogP contribution in [-0.2, 0) is 33.3 Å². The van der Waals surface area contributed by atoms with Gasteiger partial charge in [-0.2, -0.15) is 0 Å². The highest BCUT2D eigenvalue weighted by atomic mass is 16.7. The third-order valence-electron chi connectivity index (χ3n) is 12.4. The van der Waals surface area contributed by atoms with Crippen LogP contribution in [0.15, 0.2) is 36.5 Å². The molecule has 3 unspecified atom stereocenters. The van der Waals surface area contributed by atoms with Gasteiger partial charge in [-0.05, 0) is 92.4 Å². The molecule has 0 saturated carbocycles. The molecule has 0 spiro atoms. The highest BCUT2D eigenvalue weighted by Crippen LogP contribution is 2.43. The zero-order chi connectivity index (χ0) is 41.9. The molecular weight excluding hydrogens is 724 g/mol. The lowest BCUT2D eigenvalue weighted by Gasteiger charge is -2.50. The first-order chi connectivity index (χ1) is 26.1. The number of esters is 2. The van der Waals surface area contributed by atoms with E-state index < -0.39 is 88.9 Å². The van der Waals surface area contributed by atoms with E-state index in [2.05, 4.69) is 4.98 Å². The number of para-hydroxylation sites is 1. The Balaban J connectivity index is 1.73. The molecule has 2 saturated heterocycles. The first-order valence-corrected chi connectivity index (χ1v) is 19.7. The monoisotopic (exact) mass is 788 g/mol. The fourth-order valence-corrected chi connectivity index (χ4v) is 8.98. The topological polar surface area (TPSA) is 194 Å². The molecule has 3 heterocycles. The van der Waals surface area contributed by atoms with E-state index in [0.717, 1.165) is 0 Å². The molecule has 2 fully saturated rings. The molecule has 14 nitrogen and oxygen atoms in total. The molecule has 1 aromatic carbocycles. The minimum absolute atomic E-state index is 0.0214. The van der Waals surface area contributed by atoms with E-state index in [1.165, 1.54) is 34.1 Å². The number of carbonyl (C=O) groups is 3. The lowest BCUT2D eigenvalue weighted by Crippen LogP contribution is -2.63. The van der Waals surface area contributed by atoms with Gasteiger partial charge < -0.3 is 49.0 Å². The van der Waals surface area contributed by atoms with Gasteiger partial charge in [-0.3, -0.25) is 14.6 Å². The van der Waals surface area contributed by atoms with E-state index >= 15 is 0 Å². The first kappa shape index (κ1) is 45.6. The lowest BCUT2D eigenvalue weighted by molar-refractivity contribution is -0.297. The predicted octanol–water partition coefficient (Wildman–Crippen LogP) is 3.68. The summed E-state index contributed by atoms with van der Waals surface area (Å²) in [5.74, 6) is -6.39. The Morgan fingerprint density at radius 3 is 2.30 bits per heavy atom. The van der Waals surface area contributed by atoms with E-state index in [0.29, 0.717) is 17.3 Å². The second-order valence-electron chi connectivity index (χ2n) is 16.8. The molecule has 2 aromatic rings. The van der Waals surface area contributed by atoms with E-state index in [1.54, 1.807) is 58.0 Å². The molecule has 2 aliphatic heterocycles. The fourth-order valence-electron chi connectivity index (χ4n) is 8.98. The van der Waals surface area contributed by atoms with Gasteiger partial charge in [0.1, 0.15) is 23.7 Å². The van der Waals surface area contributed by atoms with Crippen LogP contribution in [0.3, 0.4) is 0 Å². The van der Waals surface area contributed by atoms with Gasteiger partial charge in [0, 0.05) is 36.6 Å². The van der Waals surface area contributed by atoms with Crippen LogP contribution in [0.5, 0.6) is 0 Å². The highest BCUT2D eigenvalue weighted by Gasteiger charge is 2.56. The van der Waals surface area contributed by atoms with Crippen LogP contribution in [-0.4, -0.2) is 135 Å². The first-order valence-electron chi connectivity index (χ1n) is 19.7. The molecule has 0 bridgehead atoms. The van der Waals surface area contributed by atoms with Crippen molar-refractivity contribution in [2.24, 2.45) is 23.7 Å². The molecule has 0 aliphatic carbocycles. The van der Waals surface area contributed by atoms with Crippen molar-refractivity contribution in [2.45, 2.75) is 141 Å². The number of ether oxygens (including phenoxy) is 5. The number of hydrogen-bond acceptors (Lipinski definition) is 14. The standard InChI is InChI=1S/C42H64N2O12/c1-12-32-41(7,50)31(18-20-53-38(49)28-17-19-43-29-16-14-13-15-27(28)29)42(8,51)35(47)23(2)22-40(6,52-11)36(25(4)33(45)26(5)37(48)55-32)56-39-34(46)30(44(9)10)21-24(3)54-39/h13-17,19,23-26,30-32,34-36,39,46-47,50-51H,12,18,20-22H2,1-11H3/t23-,24-,25+,26?,30+,31+,32-,34-,35?,36-,39+,40-,41+,42?/m1/s1. The number of pyridine rings is 1. The Bertz CT molecular complexity index is 1660. The largest absolute Gasteiger partial charge is 0.462 e. The average Bonchev–Trinajstić information content (AvgIpc) is 3.16. The van der Waals surface area contributed by atoms with Crippen LogP contribution in [0.2, 0.25) is 0 Å². The van der Waals surface area contributed by atoms with Crippen molar-refractivity contribution >= 4 is 28.6 Å². The van der Waals surface area contributed by atoms with E-state index in [4.69, 9.17) is 23.7 Å². The molecule has 2 aliphatic rings. The van der Waals surface area contributed by atoms with E-state index in [-0.39, 0.29) is 43.6 Å². The van der Waals surface area contributed by atoms with Crippen molar-refractivity contribution in [2.75, 3.05) is 27.8 Å². The number of aromatic nitrogens is 1. The number of hydrogen-bond donors (Lipinski definition) is 4. The Morgan fingerprint density at radius 2 is 1.68 bits per heavy atom. The summed E-state index contributed by atoms with van der Waals surface area (Å²) in [6, 6.07) is 8.35. The molecule has 0 amide bonds. The van der Waals surface area contributed by atoms with Crippen LogP contribution < -0.4 is 0 Å². The third-order valence-corrected chi connectivity index (χ3v) is 12.4. The molecule has 0 radical (unpaired) electrons. The number of fused-ring (bicyclic) bond motifs is 1. The van der Waals surface area contributed by atoms with Gasteiger partial charge in [-0.1, -0.05) is 39.0 Å². The Labute approximate surface area is 330 Å².